The van der Waals surface area contributed by atoms with Crippen LogP contribution in [0.3, 0.4) is 0 Å². The van der Waals surface area contributed by atoms with E-state index in [4.69, 9.17) is 4.42 Å². The molecule has 1 rings (SSSR count). The van der Waals surface area contributed by atoms with Crippen LogP contribution in [-0.4, -0.2) is 25.0 Å². The van der Waals surface area contributed by atoms with Gasteiger partial charge in [0.15, 0.2) is 0 Å². The summed E-state index contributed by atoms with van der Waals surface area (Å²) in [5.41, 5.74) is 1.28. The van der Waals surface area contributed by atoms with Gasteiger partial charge in [-0.2, -0.15) is 0 Å². The molecule has 1 N–H and O–H groups in total. The van der Waals surface area contributed by atoms with E-state index in [1.165, 1.54) is 18.4 Å². The molecule has 0 saturated heterocycles. The van der Waals surface area contributed by atoms with Crippen LogP contribution in [-0.2, 0) is 13.1 Å². The van der Waals surface area contributed by atoms with Crippen LogP contribution in [0, 0.1) is 0 Å². The lowest BCUT2D eigenvalue weighted by Crippen LogP contribution is -2.25. The highest BCUT2D eigenvalue weighted by Gasteiger charge is 2.10. The average Bonchev–Trinajstić information content (AvgIpc) is 2.67. The Hall–Kier alpha value is -0.800. The lowest BCUT2D eigenvalue weighted by atomic mass is 10.2. The van der Waals surface area contributed by atoms with Gasteiger partial charge in [0.05, 0.1) is 12.8 Å². The van der Waals surface area contributed by atoms with Crippen LogP contribution in [0.2, 0.25) is 0 Å². The van der Waals surface area contributed by atoms with Crippen LogP contribution in [0.5, 0.6) is 0 Å². The number of nitrogens with zero attached hydrogens (tertiary/aromatic N) is 1. The maximum absolute atomic E-state index is 5.56. The summed E-state index contributed by atoms with van der Waals surface area (Å²) in [7, 11) is 1.96. The van der Waals surface area contributed by atoms with E-state index < -0.39 is 0 Å². The summed E-state index contributed by atoms with van der Waals surface area (Å²) in [6, 6.07) is 2.06. The van der Waals surface area contributed by atoms with E-state index in [2.05, 4.69) is 30.1 Å². The monoisotopic (exact) mass is 224 g/mol. The summed E-state index contributed by atoms with van der Waals surface area (Å²) in [6.07, 6.45) is 4.18. The number of rotatable bonds is 8. The van der Waals surface area contributed by atoms with Gasteiger partial charge in [0.2, 0.25) is 0 Å². The average molecular weight is 224 g/mol. The standard InChI is InChI=1S/C13H24N2O/c1-4-7-15(8-5-2)11-13-12(10-14-3)6-9-16-13/h6,9,14H,4-5,7-8,10-11H2,1-3H3. The fourth-order valence-electron chi connectivity index (χ4n) is 1.96. The first kappa shape index (κ1) is 13.3. The van der Waals surface area contributed by atoms with Crippen molar-refractivity contribution in [2.45, 2.75) is 39.8 Å². The van der Waals surface area contributed by atoms with Gasteiger partial charge >= 0.3 is 0 Å². The second-order valence-corrected chi connectivity index (χ2v) is 4.18. The number of hydrogen-bond donors (Lipinski definition) is 1. The van der Waals surface area contributed by atoms with Crippen molar-refractivity contribution in [3.8, 4) is 0 Å². The van der Waals surface area contributed by atoms with Crippen molar-refractivity contribution >= 4 is 0 Å². The van der Waals surface area contributed by atoms with Crippen molar-refractivity contribution in [1.29, 1.82) is 0 Å². The molecule has 3 heteroatoms. The maximum atomic E-state index is 5.56. The van der Waals surface area contributed by atoms with Gasteiger partial charge in [-0.3, -0.25) is 4.90 Å². The Morgan fingerprint density at radius 3 is 2.50 bits per heavy atom. The lowest BCUT2D eigenvalue weighted by molar-refractivity contribution is 0.243. The number of hydrogen-bond acceptors (Lipinski definition) is 3. The third-order valence-electron chi connectivity index (χ3n) is 2.65. The fraction of sp³-hybridized carbons (Fsp3) is 0.692. The van der Waals surface area contributed by atoms with Crippen molar-refractivity contribution in [2.75, 3.05) is 20.1 Å². The molecule has 16 heavy (non-hydrogen) atoms. The quantitative estimate of drug-likeness (QED) is 0.736. The minimum absolute atomic E-state index is 0.887. The molecule has 0 atom stereocenters. The summed E-state index contributed by atoms with van der Waals surface area (Å²) >= 11 is 0. The lowest BCUT2D eigenvalue weighted by Gasteiger charge is -2.20. The molecule has 1 aromatic rings. The third-order valence-corrected chi connectivity index (χ3v) is 2.65. The van der Waals surface area contributed by atoms with E-state index in [0.29, 0.717) is 0 Å². The van der Waals surface area contributed by atoms with Crippen molar-refractivity contribution < 1.29 is 4.42 Å². The molecule has 0 spiro atoms. The van der Waals surface area contributed by atoms with Crippen LogP contribution in [0.15, 0.2) is 16.7 Å². The molecule has 0 saturated carbocycles. The maximum Gasteiger partial charge on any atom is 0.122 e. The molecule has 0 unspecified atom stereocenters. The van der Waals surface area contributed by atoms with E-state index in [1.54, 1.807) is 6.26 Å². The second kappa shape index (κ2) is 7.47. The summed E-state index contributed by atoms with van der Waals surface area (Å²) in [5.74, 6) is 1.11. The predicted molar refractivity (Wildman–Crippen MR) is 67.3 cm³/mol. The highest BCUT2D eigenvalue weighted by atomic mass is 16.3. The van der Waals surface area contributed by atoms with Crippen LogP contribution in [0.4, 0.5) is 0 Å². The summed E-state index contributed by atoms with van der Waals surface area (Å²) in [4.78, 5) is 2.46. The zero-order valence-electron chi connectivity index (χ0n) is 10.8. The predicted octanol–water partition coefficient (Wildman–Crippen LogP) is 2.62. The van der Waals surface area contributed by atoms with E-state index in [1.807, 2.05) is 7.05 Å². The van der Waals surface area contributed by atoms with Crippen LogP contribution in [0.1, 0.15) is 38.0 Å². The van der Waals surface area contributed by atoms with E-state index in [9.17, 15) is 0 Å². The largest absolute Gasteiger partial charge is 0.468 e. The Balaban J connectivity index is 2.57. The molecule has 0 aliphatic heterocycles. The number of furan rings is 1. The normalized spacial score (nSPS) is 11.2. The molecular weight excluding hydrogens is 200 g/mol. The summed E-state index contributed by atoms with van der Waals surface area (Å²) < 4.78 is 5.56. The Kier molecular flexibility index (Phi) is 6.19. The van der Waals surface area contributed by atoms with Gasteiger partial charge in [-0.1, -0.05) is 13.8 Å². The van der Waals surface area contributed by atoms with E-state index in [0.717, 1.165) is 31.9 Å². The zero-order chi connectivity index (χ0) is 11.8. The molecule has 0 fully saturated rings. The highest BCUT2D eigenvalue weighted by molar-refractivity contribution is 5.16. The molecular formula is C13H24N2O. The van der Waals surface area contributed by atoms with Crippen molar-refractivity contribution in [2.24, 2.45) is 0 Å². The first-order valence-electron chi connectivity index (χ1n) is 6.24. The minimum Gasteiger partial charge on any atom is -0.468 e. The molecule has 1 aromatic heterocycles. The summed E-state index contributed by atoms with van der Waals surface area (Å²) in [5, 5.41) is 3.17. The molecule has 1 heterocycles. The highest BCUT2D eigenvalue weighted by Crippen LogP contribution is 2.13. The molecule has 0 radical (unpaired) electrons. The Morgan fingerprint density at radius 2 is 1.94 bits per heavy atom. The topological polar surface area (TPSA) is 28.4 Å². The van der Waals surface area contributed by atoms with Gasteiger partial charge in [-0.25, -0.2) is 0 Å². The molecule has 0 aliphatic rings. The SMILES string of the molecule is CCCN(CCC)Cc1occc1CNC. The third kappa shape index (κ3) is 3.99. The van der Waals surface area contributed by atoms with Gasteiger partial charge < -0.3 is 9.73 Å². The molecule has 0 aromatic carbocycles. The van der Waals surface area contributed by atoms with Gasteiger partial charge in [0.25, 0.3) is 0 Å². The van der Waals surface area contributed by atoms with Crippen molar-refractivity contribution in [3.63, 3.8) is 0 Å². The van der Waals surface area contributed by atoms with E-state index >= 15 is 0 Å². The van der Waals surface area contributed by atoms with Gasteiger partial charge in [0.1, 0.15) is 5.76 Å². The fourth-order valence-corrected chi connectivity index (χ4v) is 1.96. The molecule has 92 valence electrons. The Morgan fingerprint density at radius 1 is 1.25 bits per heavy atom. The molecule has 0 aliphatic carbocycles. The van der Waals surface area contributed by atoms with Crippen LogP contribution in [0.25, 0.3) is 0 Å². The molecule has 0 bridgehead atoms. The van der Waals surface area contributed by atoms with Gasteiger partial charge in [-0.05, 0) is 39.0 Å². The first-order chi connectivity index (χ1) is 7.81. The Labute approximate surface area is 98.8 Å². The molecule has 3 nitrogen and oxygen atoms in total. The van der Waals surface area contributed by atoms with Crippen molar-refractivity contribution in [3.05, 3.63) is 23.7 Å². The smallest absolute Gasteiger partial charge is 0.122 e. The minimum atomic E-state index is 0.887. The first-order valence-corrected chi connectivity index (χ1v) is 6.24. The summed E-state index contributed by atoms with van der Waals surface area (Å²) in [6.45, 7) is 8.56. The van der Waals surface area contributed by atoms with E-state index in [-0.39, 0.29) is 0 Å². The number of nitrogens with one attached hydrogen (secondary N) is 1. The van der Waals surface area contributed by atoms with Crippen LogP contribution >= 0.6 is 0 Å². The zero-order valence-corrected chi connectivity index (χ0v) is 10.8. The van der Waals surface area contributed by atoms with Crippen LogP contribution < -0.4 is 5.32 Å². The Bertz CT molecular complexity index is 277. The van der Waals surface area contributed by atoms with Gasteiger partial charge in [0, 0.05) is 12.1 Å². The second-order valence-electron chi connectivity index (χ2n) is 4.18. The molecule has 0 amide bonds. The van der Waals surface area contributed by atoms with Gasteiger partial charge in [-0.15, -0.1) is 0 Å². The van der Waals surface area contributed by atoms with Crippen molar-refractivity contribution in [1.82, 2.24) is 10.2 Å².